The molecule has 2 fully saturated rings. The Morgan fingerprint density at radius 2 is 2.00 bits per heavy atom. The summed E-state index contributed by atoms with van der Waals surface area (Å²) >= 11 is 0. The minimum Gasteiger partial charge on any atom is -0.390 e. The topological polar surface area (TPSA) is 52.6 Å². The summed E-state index contributed by atoms with van der Waals surface area (Å²) in [5.41, 5.74) is 1.17. The Morgan fingerprint density at radius 1 is 1.35 bits per heavy atom. The summed E-state index contributed by atoms with van der Waals surface area (Å²) in [5, 5.41) is 12.8. The lowest BCUT2D eigenvalue weighted by atomic mass is 9.99. The molecule has 1 saturated heterocycles. The molecule has 0 spiro atoms. The lowest BCUT2D eigenvalue weighted by Crippen LogP contribution is -2.42. The fourth-order valence-corrected chi connectivity index (χ4v) is 2.74. The minimum absolute atomic E-state index is 0.0688. The van der Waals surface area contributed by atoms with E-state index in [1.54, 1.807) is 6.08 Å². The molecule has 4 nitrogen and oxygen atoms in total. The second-order valence-electron chi connectivity index (χ2n) is 6.54. The smallest absolute Gasteiger partial charge is 0.244 e. The van der Waals surface area contributed by atoms with E-state index in [1.807, 2.05) is 6.92 Å². The molecule has 2 rings (SSSR count). The van der Waals surface area contributed by atoms with Crippen molar-refractivity contribution in [2.45, 2.75) is 45.6 Å². The van der Waals surface area contributed by atoms with E-state index in [0.29, 0.717) is 19.0 Å². The zero-order chi connectivity index (χ0) is 14.5. The first kappa shape index (κ1) is 15.5. The molecule has 0 bridgehead atoms. The molecular weight excluding hydrogens is 252 g/mol. The number of allylic oxidation sites excluding steroid dienone is 1. The number of hydrogen-bond donors (Lipinski definition) is 2. The molecule has 114 valence electrons. The highest BCUT2D eigenvalue weighted by molar-refractivity contribution is 5.88. The standard InChI is InChI=1S/C16H28N2O2/c1-12-5-7-18(8-6-12)11-15(19)10-17-16(20)9-13(2)14-3-4-14/h9,12,14-15,19H,3-8,10-11H2,1-2H3,(H,17,20)/b13-9-. The predicted octanol–water partition coefficient (Wildman–Crippen LogP) is 1.55. The zero-order valence-corrected chi connectivity index (χ0v) is 12.8. The number of aliphatic hydroxyl groups excluding tert-OH is 1. The number of nitrogens with one attached hydrogen (secondary N) is 1. The Balaban J connectivity index is 1.63. The van der Waals surface area contributed by atoms with Crippen LogP contribution in [0.3, 0.4) is 0 Å². The van der Waals surface area contributed by atoms with Crippen LogP contribution in [0.25, 0.3) is 0 Å². The Labute approximate surface area is 122 Å². The van der Waals surface area contributed by atoms with E-state index in [-0.39, 0.29) is 5.91 Å². The van der Waals surface area contributed by atoms with Gasteiger partial charge in [0.2, 0.25) is 5.91 Å². The lowest BCUT2D eigenvalue weighted by Gasteiger charge is -2.31. The number of nitrogens with zero attached hydrogens (tertiary/aromatic N) is 1. The summed E-state index contributed by atoms with van der Waals surface area (Å²) in [6.07, 6.45) is 6.07. The van der Waals surface area contributed by atoms with Crippen LogP contribution in [0.4, 0.5) is 0 Å². The maximum Gasteiger partial charge on any atom is 0.244 e. The maximum atomic E-state index is 11.7. The van der Waals surface area contributed by atoms with Gasteiger partial charge in [0.25, 0.3) is 0 Å². The van der Waals surface area contributed by atoms with Crippen molar-refractivity contribution in [1.29, 1.82) is 0 Å². The molecule has 0 aromatic carbocycles. The van der Waals surface area contributed by atoms with E-state index in [2.05, 4.69) is 17.1 Å². The normalized spacial score (nSPS) is 23.6. The third kappa shape index (κ3) is 5.25. The molecule has 20 heavy (non-hydrogen) atoms. The van der Waals surface area contributed by atoms with Gasteiger partial charge in [-0.25, -0.2) is 0 Å². The van der Waals surface area contributed by atoms with Gasteiger partial charge in [-0.1, -0.05) is 12.5 Å². The second-order valence-corrected chi connectivity index (χ2v) is 6.54. The second kappa shape index (κ2) is 7.23. The molecule has 1 atom stereocenters. The van der Waals surface area contributed by atoms with Gasteiger partial charge in [0.05, 0.1) is 6.10 Å². The summed E-state index contributed by atoms with van der Waals surface area (Å²) in [6, 6.07) is 0. The molecule has 1 aliphatic heterocycles. The largest absolute Gasteiger partial charge is 0.390 e. The van der Waals surface area contributed by atoms with Crippen LogP contribution in [0.15, 0.2) is 11.6 Å². The average molecular weight is 280 g/mol. The molecule has 2 N–H and O–H groups in total. The zero-order valence-electron chi connectivity index (χ0n) is 12.8. The number of piperidine rings is 1. The van der Waals surface area contributed by atoms with E-state index < -0.39 is 6.10 Å². The summed E-state index contributed by atoms with van der Waals surface area (Å²) in [5.74, 6) is 1.36. The van der Waals surface area contributed by atoms with Gasteiger partial charge >= 0.3 is 0 Å². The van der Waals surface area contributed by atoms with Gasteiger partial charge in [0.1, 0.15) is 0 Å². The average Bonchev–Trinajstić information content (AvgIpc) is 3.23. The van der Waals surface area contributed by atoms with Gasteiger partial charge in [-0.15, -0.1) is 0 Å². The van der Waals surface area contributed by atoms with Crippen LogP contribution in [-0.4, -0.2) is 48.2 Å². The summed E-state index contributed by atoms with van der Waals surface area (Å²) in [6.45, 7) is 7.43. The van der Waals surface area contributed by atoms with Crippen molar-refractivity contribution in [3.05, 3.63) is 11.6 Å². The first-order valence-corrected chi connectivity index (χ1v) is 7.91. The predicted molar refractivity (Wildman–Crippen MR) is 80.3 cm³/mol. The lowest BCUT2D eigenvalue weighted by molar-refractivity contribution is -0.117. The van der Waals surface area contributed by atoms with E-state index >= 15 is 0 Å². The van der Waals surface area contributed by atoms with Gasteiger partial charge in [-0.3, -0.25) is 4.79 Å². The molecular formula is C16H28N2O2. The van der Waals surface area contributed by atoms with Crippen LogP contribution in [0.1, 0.15) is 39.5 Å². The highest BCUT2D eigenvalue weighted by atomic mass is 16.3. The number of likely N-dealkylation sites (tertiary alicyclic amines) is 1. The van der Waals surface area contributed by atoms with Crippen LogP contribution in [0, 0.1) is 11.8 Å². The van der Waals surface area contributed by atoms with Gasteiger partial charge in [0.15, 0.2) is 0 Å². The van der Waals surface area contributed by atoms with Gasteiger partial charge in [-0.2, -0.15) is 0 Å². The van der Waals surface area contributed by atoms with E-state index in [1.165, 1.54) is 31.3 Å². The van der Waals surface area contributed by atoms with E-state index in [0.717, 1.165) is 19.0 Å². The molecule has 0 aromatic heterocycles. The SMILES string of the molecule is C/C(=C/C(=O)NCC(O)CN1CCC(C)CC1)C1CC1. The Bertz CT molecular complexity index is 355. The van der Waals surface area contributed by atoms with Crippen LogP contribution < -0.4 is 5.32 Å². The first-order valence-electron chi connectivity index (χ1n) is 7.91. The van der Waals surface area contributed by atoms with E-state index in [9.17, 15) is 9.90 Å². The van der Waals surface area contributed by atoms with Gasteiger partial charge in [-0.05, 0) is 57.5 Å². The van der Waals surface area contributed by atoms with Crippen molar-refractivity contribution in [1.82, 2.24) is 10.2 Å². The van der Waals surface area contributed by atoms with Crippen molar-refractivity contribution >= 4 is 5.91 Å². The fourth-order valence-electron chi connectivity index (χ4n) is 2.74. The number of rotatable bonds is 6. The summed E-state index contributed by atoms with van der Waals surface area (Å²) < 4.78 is 0. The Hall–Kier alpha value is -0.870. The van der Waals surface area contributed by atoms with Crippen molar-refractivity contribution < 1.29 is 9.90 Å². The number of aliphatic hydroxyl groups is 1. The van der Waals surface area contributed by atoms with Crippen molar-refractivity contribution in [3.63, 3.8) is 0 Å². The van der Waals surface area contributed by atoms with Crippen molar-refractivity contribution in [3.8, 4) is 0 Å². The number of amides is 1. The summed E-state index contributed by atoms with van der Waals surface area (Å²) in [7, 11) is 0. The van der Waals surface area contributed by atoms with Crippen molar-refractivity contribution in [2.75, 3.05) is 26.2 Å². The Morgan fingerprint density at radius 3 is 2.60 bits per heavy atom. The molecule has 0 aromatic rings. The summed E-state index contributed by atoms with van der Waals surface area (Å²) in [4.78, 5) is 14.0. The molecule has 1 unspecified atom stereocenters. The quantitative estimate of drug-likeness (QED) is 0.726. The number of hydrogen-bond acceptors (Lipinski definition) is 3. The third-order valence-corrected chi connectivity index (χ3v) is 4.44. The number of carbonyl (C=O) groups excluding carboxylic acids is 1. The van der Waals surface area contributed by atoms with Crippen LogP contribution in [0.2, 0.25) is 0 Å². The van der Waals surface area contributed by atoms with Crippen molar-refractivity contribution in [2.24, 2.45) is 11.8 Å². The van der Waals surface area contributed by atoms with Gasteiger partial charge in [0, 0.05) is 19.2 Å². The monoisotopic (exact) mass is 280 g/mol. The van der Waals surface area contributed by atoms with E-state index in [4.69, 9.17) is 0 Å². The van der Waals surface area contributed by atoms with Crippen LogP contribution in [-0.2, 0) is 4.79 Å². The van der Waals surface area contributed by atoms with Gasteiger partial charge < -0.3 is 15.3 Å². The number of β-amino-alcohol motifs (C(OH)–C–C–N with tert-alkyl or cyclic N) is 1. The molecule has 2 aliphatic rings. The minimum atomic E-state index is -0.470. The fraction of sp³-hybridized carbons (Fsp3) is 0.812. The molecule has 0 radical (unpaired) electrons. The molecule has 4 heteroatoms. The highest BCUT2D eigenvalue weighted by Gasteiger charge is 2.23. The van der Waals surface area contributed by atoms with Crippen LogP contribution >= 0.6 is 0 Å². The molecule has 1 amide bonds. The highest BCUT2D eigenvalue weighted by Crippen LogP contribution is 2.35. The number of carbonyl (C=O) groups is 1. The maximum absolute atomic E-state index is 11.7. The van der Waals surface area contributed by atoms with Crippen LogP contribution in [0.5, 0.6) is 0 Å². The molecule has 1 aliphatic carbocycles. The third-order valence-electron chi connectivity index (χ3n) is 4.44. The Kier molecular flexibility index (Phi) is 5.61. The molecule has 1 heterocycles. The molecule has 1 saturated carbocycles. The first-order chi connectivity index (χ1) is 9.54.